The summed E-state index contributed by atoms with van der Waals surface area (Å²) in [4.78, 5) is 11.9. The van der Waals surface area contributed by atoms with Crippen molar-refractivity contribution in [3.05, 3.63) is 35.9 Å². The van der Waals surface area contributed by atoms with Gasteiger partial charge in [0.25, 0.3) is 5.91 Å². The van der Waals surface area contributed by atoms with Gasteiger partial charge in [0.2, 0.25) is 0 Å². The molecule has 0 aliphatic rings. The van der Waals surface area contributed by atoms with Gasteiger partial charge in [-0.15, -0.1) is 0 Å². The molecule has 1 aromatic carbocycles. The molecule has 2 nitrogen and oxygen atoms in total. The molecule has 0 saturated carbocycles. The molecule has 0 spiro atoms. The minimum Gasteiger partial charge on any atom is -0.296 e. The lowest BCUT2D eigenvalue weighted by atomic mass is 10.0. The van der Waals surface area contributed by atoms with Gasteiger partial charge in [0.15, 0.2) is 0 Å². The van der Waals surface area contributed by atoms with Crippen molar-refractivity contribution in [1.29, 1.82) is 0 Å². The minimum atomic E-state index is 0.0148. The van der Waals surface area contributed by atoms with Gasteiger partial charge in [-0.2, -0.15) is 0 Å². The number of nitrogens with one attached hydrogen (secondary N) is 1. The van der Waals surface area contributed by atoms with E-state index in [0.29, 0.717) is 0 Å². The fraction of sp³-hybridized carbons (Fsp3) is 0.696. The maximum absolute atomic E-state index is 11.9. The molecule has 0 saturated heterocycles. The lowest BCUT2D eigenvalue weighted by molar-refractivity contribution is 0.0984. The second kappa shape index (κ2) is 17.5. The predicted octanol–water partition coefficient (Wildman–Crippen LogP) is 7.55. The van der Waals surface area contributed by atoms with E-state index in [1.165, 1.54) is 89.9 Å². The first-order valence-electron chi connectivity index (χ1n) is 10.8. The van der Waals surface area contributed by atoms with Crippen LogP contribution in [0.15, 0.2) is 30.3 Å². The summed E-state index contributed by atoms with van der Waals surface area (Å²) in [6.07, 6.45) is 19.4. The van der Waals surface area contributed by atoms with E-state index in [-0.39, 0.29) is 5.91 Å². The summed E-state index contributed by atoms with van der Waals surface area (Å²) in [5, 5.41) is 0. The largest absolute Gasteiger partial charge is 0.296 e. The first-order chi connectivity index (χ1) is 12.8. The first kappa shape index (κ1) is 23.1. The van der Waals surface area contributed by atoms with Gasteiger partial charge in [0.1, 0.15) is 0 Å². The van der Waals surface area contributed by atoms with Crippen molar-refractivity contribution in [2.45, 2.75) is 96.8 Å². The van der Waals surface area contributed by atoms with Crippen LogP contribution in [0, 0.1) is 0 Å². The van der Waals surface area contributed by atoms with E-state index in [4.69, 9.17) is 0 Å². The molecule has 1 amide bonds. The van der Waals surface area contributed by atoms with Crippen LogP contribution in [0.1, 0.15) is 107 Å². The van der Waals surface area contributed by atoms with Crippen LogP contribution in [0.5, 0.6) is 0 Å². The monoisotopic (exact) mass is 377 g/mol. The van der Waals surface area contributed by atoms with Gasteiger partial charge in [-0.3, -0.25) is 9.52 Å². The highest BCUT2D eigenvalue weighted by atomic mass is 32.2. The number of rotatable bonds is 17. The van der Waals surface area contributed by atoms with E-state index in [9.17, 15) is 4.79 Å². The Morgan fingerprint density at radius 1 is 0.731 bits per heavy atom. The van der Waals surface area contributed by atoms with Crippen LogP contribution in [0.2, 0.25) is 0 Å². The van der Waals surface area contributed by atoms with Crippen molar-refractivity contribution in [3.8, 4) is 0 Å². The third-order valence-electron chi connectivity index (χ3n) is 4.80. The Labute approximate surface area is 166 Å². The molecule has 0 aromatic heterocycles. The van der Waals surface area contributed by atoms with Gasteiger partial charge in [0, 0.05) is 11.3 Å². The number of amides is 1. The molecular formula is C23H39NOS. The number of carbonyl (C=O) groups excluding carboxylic acids is 1. The highest BCUT2D eigenvalue weighted by Gasteiger charge is 2.03. The Balaban J connectivity index is 1.76. The molecule has 1 N–H and O–H groups in total. The van der Waals surface area contributed by atoms with Crippen molar-refractivity contribution < 1.29 is 4.79 Å². The lowest BCUT2D eigenvalue weighted by Crippen LogP contribution is -2.16. The van der Waals surface area contributed by atoms with Crippen LogP contribution in [0.3, 0.4) is 0 Å². The van der Waals surface area contributed by atoms with Gasteiger partial charge >= 0.3 is 0 Å². The Morgan fingerprint density at radius 3 is 1.69 bits per heavy atom. The highest BCUT2D eigenvalue weighted by Crippen LogP contribution is 2.13. The van der Waals surface area contributed by atoms with Crippen molar-refractivity contribution in [3.63, 3.8) is 0 Å². The molecule has 0 aliphatic heterocycles. The number of benzene rings is 1. The SMILES string of the molecule is CCCCCCCCCCCCCCCCSNC(=O)c1ccccc1. The maximum Gasteiger partial charge on any atom is 0.261 e. The molecule has 1 rings (SSSR count). The standard InChI is InChI=1S/C23H39NOS/c1-2-3-4-5-6-7-8-9-10-11-12-13-14-18-21-26-24-23(25)22-19-16-15-17-20-22/h15-17,19-20H,2-14,18,21H2,1H3,(H,24,25). The number of hydrogen-bond donors (Lipinski definition) is 1. The first-order valence-corrected chi connectivity index (χ1v) is 11.8. The Hall–Kier alpha value is -0.960. The Morgan fingerprint density at radius 2 is 1.19 bits per heavy atom. The van der Waals surface area contributed by atoms with Crippen LogP contribution in [-0.4, -0.2) is 11.7 Å². The van der Waals surface area contributed by atoms with Crippen LogP contribution in [0.4, 0.5) is 0 Å². The summed E-state index contributed by atoms with van der Waals surface area (Å²) in [6, 6.07) is 9.42. The molecule has 1 aromatic rings. The Kier molecular flexibility index (Phi) is 15.5. The van der Waals surface area contributed by atoms with Gasteiger partial charge in [0.05, 0.1) is 0 Å². The van der Waals surface area contributed by atoms with Gasteiger partial charge in [-0.25, -0.2) is 0 Å². The summed E-state index contributed by atoms with van der Waals surface area (Å²) in [6.45, 7) is 2.28. The van der Waals surface area contributed by atoms with Crippen molar-refractivity contribution >= 4 is 17.9 Å². The van der Waals surface area contributed by atoms with Crippen LogP contribution >= 0.6 is 11.9 Å². The third-order valence-corrected chi connectivity index (χ3v) is 5.62. The minimum absolute atomic E-state index is 0.0148. The summed E-state index contributed by atoms with van der Waals surface area (Å²) in [5.74, 6) is 1.03. The molecule has 0 aliphatic carbocycles. The number of carbonyl (C=O) groups is 1. The van der Waals surface area contributed by atoms with E-state index in [0.717, 1.165) is 11.3 Å². The molecular weight excluding hydrogens is 338 g/mol. The molecule has 0 heterocycles. The topological polar surface area (TPSA) is 29.1 Å². The summed E-state index contributed by atoms with van der Waals surface area (Å²) < 4.78 is 2.92. The summed E-state index contributed by atoms with van der Waals surface area (Å²) in [7, 11) is 0. The molecule has 0 atom stereocenters. The molecule has 0 radical (unpaired) electrons. The zero-order valence-electron chi connectivity index (χ0n) is 16.8. The van der Waals surface area contributed by atoms with Gasteiger partial charge in [-0.05, 0) is 18.6 Å². The highest BCUT2D eigenvalue weighted by molar-refractivity contribution is 7.97. The Bertz CT molecular complexity index is 435. The fourth-order valence-corrected chi connectivity index (χ4v) is 3.83. The lowest BCUT2D eigenvalue weighted by Gasteiger charge is -2.05. The van der Waals surface area contributed by atoms with E-state index >= 15 is 0 Å². The molecule has 0 unspecified atom stereocenters. The second-order valence-corrected chi connectivity index (χ2v) is 8.14. The average molecular weight is 378 g/mol. The van der Waals surface area contributed by atoms with Gasteiger partial charge < -0.3 is 0 Å². The van der Waals surface area contributed by atoms with Crippen molar-refractivity contribution in [1.82, 2.24) is 4.72 Å². The third kappa shape index (κ3) is 13.3. The second-order valence-electron chi connectivity index (χ2n) is 7.24. The molecule has 0 fully saturated rings. The van der Waals surface area contributed by atoms with Crippen molar-refractivity contribution in [2.24, 2.45) is 0 Å². The zero-order chi connectivity index (χ0) is 18.7. The average Bonchev–Trinajstić information content (AvgIpc) is 2.68. The summed E-state index contributed by atoms with van der Waals surface area (Å²) >= 11 is 1.54. The molecule has 3 heteroatoms. The molecule has 26 heavy (non-hydrogen) atoms. The maximum atomic E-state index is 11.9. The zero-order valence-corrected chi connectivity index (χ0v) is 17.6. The fourth-order valence-electron chi connectivity index (χ4n) is 3.13. The normalized spacial score (nSPS) is 10.8. The van der Waals surface area contributed by atoms with E-state index in [1.54, 1.807) is 11.9 Å². The molecule has 148 valence electrons. The quantitative estimate of drug-likeness (QED) is 0.224. The van der Waals surface area contributed by atoms with Crippen LogP contribution in [-0.2, 0) is 0 Å². The van der Waals surface area contributed by atoms with E-state index in [1.807, 2.05) is 30.3 Å². The smallest absolute Gasteiger partial charge is 0.261 e. The van der Waals surface area contributed by atoms with Gasteiger partial charge in [-0.1, -0.05) is 121 Å². The van der Waals surface area contributed by atoms with Crippen LogP contribution in [0.25, 0.3) is 0 Å². The van der Waals surface area contributed by atoms with Crippen molar-refractivity contribution in [2.75, 3.05) is 5.75 Å². The van der Waals surface area contributed by atoms with E-state index in [2.05, 4.69) is 11.6 Å². The molecule has 0 bridgehead atoms. The number of hydrogen-bond acceptors (Lipinski definition) is 2. The summed E-state index contributed by atoms with van der Waals surface area (Å²) in [5.41, 5.74) is 0.737. The van der Waals surface area contributed by atoms with E-state index < -0.39 is 0 Å². The predicted molar refractivity (Wildman–Crippen MR) is 117 cm³/mol. The number of unbranched alkanes of at least 4 members (excludes halogenated alkanes) is 13. The van der Waals surface area contributed by atoms with Crippen LogP contribution < -0.4 is 4.72 Å².